The van der Waals surface area contributed by atoms with Gasteiger partial charge in [-0.1, -0.05) is 41.7 Å². The normalized spacial score (nSPS) is 14.7. The van der Waals surface area contributed by atoms with Crippen LogP contribution in [0.3, 0.4) is 0 Å². The second-order valence-corrected chi connectivity index (χ2v) is 8.35. The maximum Gasteiger partial charge on any atom is 0.253 e. The summed E-state index contributed by atoms with van der Waals surface area (Å²) in [5, 5.41) is 13.5. The predicted molar refractivity (Wildman–Crippen MR) is 113 cm³/mol. The number of nitrogens with zero attached hydrogens (tertiary/aromatic N) is 3. The molecular formula is C22H23FN4OS. The Morgan fingerprint density at radius 1 is 1.07 bits per heavy atom. The highest BCUT2D eigenvalue weighted by atomic mass is 32.1. The summed E-state index contributed by atoms with van der Waals surface area (Å²) in [5.41, 5.74) is 1.77. The summed E-state index contributed by atoms with van der Waals surface area (Å²) in [5.74, 6) is 0.399. The molecule has 1 aliphatic heterocycles. The molecule has 0 bridgehead atoms. The number of nitrogens with one attached hydrogen (secondary N) is 1. The summed E-state index contributed by atoms with van der Waals surface area (Å²) in [7, 11) is 0. The molecular weight excluding hydrogens is 387 g/mol. The lowest BCUT2D eigenvalue weighted by Gasteiger charge is -2.32. The molecule has 1 fully saturated rings. The van der Waals surface area contributed by atoms with Gasteiger partial charge in [-0.2, -0.15) is 0 Å². The van der Waals surface area contributed by atoms with Gasteiger partial charge in [0, 0.05) is 31.6 Å². The van der Waals surface area contributed by atoms with E-state index in [1.165, 1.54) is 23.5 Å². The molecule has 0 aliphatic carbocycles. The van der Waals surface area contributed by atoms with Gasteiger partial charge < -0.3 is 10.2 Å². The molecule has 150 valence electrons. The van der Waals surface area contributed by atoms with E-state index in [9.17, 15) is 9.18 Å². The van der Waals surface area contributed by atoms with Crippen molar-refractivity contribution in [3.05, 3.63) is 76.5 Å². The van der Waals surface area contributed by atoms with E-state index in [-0.39, 0.29) is 11.7 Å². The third kappa shape index (κ3) is 5.17. The summed E-state index contributed by atoms with van der Waals surface area (Å²) in [6, 6.07) is 15.9. The second-order valence-electron chi connectivity index (χ2n) is 7.29. The zero-order valence-corrected chi connectivity index (χ0v) is 16.9. The number of likely N-dealkylation sites (tertiary alicyclic amines) is 1. The third-order valence-corrected chi connectivity index (χ3v) is 6.08. The molecule has 1 N–H and O–H groups in total. The Hall–Kier alpha value is -2.80. The summed E-state index contributed by atoms with van der Waals surface area (Å²) in [6.07, 6.45) is 2.61. The Balaban J connectivity index is 1.23. The number of hydrogen-bond acceptors (Lipinski definition) is 5. The maximum atomic E-state index is 13.0. The van der Waals surface area contributed by atoms with E-state index >= 15 is 0 Å². The number of benzene rings is 2. The van der Waals surface area contributed by atoms with Gasteiger partial charge in [-0.15, -0.1) is 10.2 Å². The molecule has 0 radical (unpaired) electrons. The first kappa shape index (κ1) is 19.5. The molecule has 29 heavy (non-hydrogen) atoms. The Bertz CT molecular complexity index is 937. The van der Waals surface area contributed by atoms with Gasteiger partial charge >= 0.3 is 0 Å². The Labute approximate surface area is 173 Å². The van der Waals surface area contributed by atoms with Crippen molar-refractivity contribution in [2.75, 3.05) is 25.0 Å². The van der Waals surface area contributed by atoms with Crippen molar-refractivity contribution in [3.63, 3.8) is 0 Å². The largest absolute Gasteiger partial charge is 0.360 e. The van der Waals surface area contributed by atoms with Crippen LogP contribution in [0.5, 0.6) is 0 Å². The predicted octanol–water partition coefficient (Wildman–Crippen LogP) is 4.23. The van der Waals surface area contributed by atoms with Crippen LogP contribution in [0.2, 0.25) is 0 Å². The monoisotopic (exact) mass is 410 g/mol. The standard InChI is InChI=1S/C22H23FN4OS/c23-19-8-6-16(7-9-19)14-20-25-26-22(29-20)24-15-17-10-12-27(13-11-17)21(28)18-4-2-1-3-5-18/h1-9,17H,10-15H2,(H,24,26). The van der Waals surface area contributed by atoms with Crippen molar-refractivity contribution < 1.29 is 9.18 Å². The fraction of sp³-hybridized carbons (Fsp3) is 0.318. The van der Waals surface area contributed by atoms with Gasteiger partial charge in [0.1, 0.15) is 10.8 Å². The van der Waals surface area contributed by atoms with Gasteiger partial charge in [0.05, 0.1) is 0 Å². The van der Waals surface area contributed by atoms with E-state index in [0.717, 1.165) is 53.7 Å². The van der Waals surface area contributed by atoms with Crippen molar-refractivity contribution in [2.45, 2.75) is 19.3 Å². The molecule has 0 saturated carbocycles. The first-order chi connectivity index (χ1) is 14.2. The molecule has 3 aromatic rings. The molecule has 0 unspecified atom stereocenters. The number of anilines is 1. The van der Waals surface area contributed by atoms with E-state index in [0.29, 0.717) is 12.3 Å². The lowest BCUT2D eigenvalue weighted by molar-refractivity contribution is 0.0695. The molecule has 4 rings (SSSR count). The SMILES string of the molecule is O=C(c1ccccc1)N1CCC(CNc2nnc(Cc3ccc(F)cc3)s2)CC1. The van der Waals surface area contributed by atoms with Gasteiger partial charge in [-0.05, 0) is 48.6 Å². The highest BCUT2D eigenvalue weighted by molar-refractivity contribution is 7.15. The minimum absolute atomic E-state index is 0.117. The zero-order valence-electron chi connectivity index (χ0n) is 16.1. The van der Waals surface area contributed by atoms with Crippen LogP contribution < -0.4 is 5.32 Å². The summed E-state index contributed by atoms with van der Waals surface area (Å²) < 4.78 is 13.0. The van der Waals surface area contributed by atoms with E-state index in [2.05, 4.69) is 15.5 Å². The van der Waals surface area contributed by atoms with Crippen LogP contribution >= 0.6 is 11.3 Å². The summed E-state index contributed by atoms with van der Waals surface area (Å²) in [4.78, 5) is 14.5. The molecule has 0 atom stereocenters. The molecule has 1 aliphatic rings. The van der Waals surface area contributed by atoms with Crippen LogP contribution in [0.25, 0.3) is 0 Å². The lowest BCUT2D eigenvalue weighted by Crippen LogP contribution is -2.39. The number of carbonyl (C=O) groups excluding carboxylic acids is 1. The Kier molecular flexibility index (Phi) is 6.14. The number of amides is 1. The van der Waals surface area contributed by atoms with Crippen LogP contribution in [-0.2, 0) is 6.42 Å². The average Bonchev–Trinajstić information content (AvgIpc) is 3.22. The number of halogens is 1. The van der Waals surface area contributed by atoms with E-state index < -0.39 is 0 Å². The van der Waals surface area contributed by atoms with Crippen LogP contribution in [0.1, 0.15) is 33.8 Å². The summed E-state index contributed by atoms with van der Waals surface area (Å²) >= 11 is 1.53. The molecule has 2 aromatic carbocycles. The first-order valence-electron chi connectivity index (χ1n) is 9.82. The van der Waals surface area contributed by atoms with Crippen LogP contribution in [-0.4, -0.2) is 40.6 Å². The van der Waals surface area contributed by atoms with E-state index in [4.69, 9.17) is 0 Å². The molecule has 1 aromatic heterocycles. The zero-order chi connectivity index (χ0) is 20.1. The number of hydrogen-bond donors (Lipinski definition) is 1. The van der Waals surface area contributed by atoms with Gasteiger partial charge in [0.2, 0.25) is 5.13 Å². The lowest BCUT2D eigenvalue weighted by atomic mass is 9.96. The quantitative estimate of drug-likeness (QED) is 0.661. The fourth-order valence-electron chi connectivity index (χ4n) is 3.51. The van der Waals surface area contributed by atoms with Crippen molar-refractivity contribution in [3.8, 4) is 0 Å². The van der Waals surface area contributed by atoms with Gasteiger partial charge in [0.15, 0.2) is 0 Å². The first-order valence-corrected chi connectivity index (χ1v) is 10.6. The van der Waals surface area contributed by atoms with Gasteiger partial charge in [-0.25, -0.2) is 4.39 Å². The number of piperidine rings is 1. The minimum atomic E-state index is -0.232. The number of rotatable bonds is 6. The maximum absolute atomic E-state index is 13.0. The number of carbonyl (C=O) groups is 1. The Morgan fingerprint density at radius 3 is 2.52 bits per heavy atom. The third-order valence-electron chi connectivity index (χ3n) is 5.20. The molecule has 7 heteroatoms. The van der Waals surface area contributed by atoms with Gasteiger partial charge in [0.25, 0.3) is 5.91 Å². The highest BCUT2D eigenvalue weighted by Gasteiger charge is 2.23. The van der Waals surface area contributed by atoms with E-state index in [1.807, 2.05) is 35.2 Å². The van der Waals surface area contributed by atoms with Crippen LogP contribution in [0.15, 0.2) is 54.6 Å². The van der Waals surface area contributed by atoms with Crippen molar-refractivity contribution in [1.29, 1.82) is 0 Å². The smallest absolute Gasteiger partial charge is 0.253 e. The van der Waals surface area contributed by atoms with Crippen molar-refractivity contribution >= 4 is 22.4 Å². The minimum Gasteiger partial charge on any atom is -0.360 e. The van der Waals surface area contributed by atoms with Crippen molar-refractivity contribution in [2.24, 2.45) is 5.92 Å². The summed E-state index contributed by atoms with van der Waals surface area (Å²) in [6.45, 7) is 2.40. The second kappa shape index (κ2) is 9.13. The molecule has 5 nitrogen and oxygen atoms in total. The molecule has 1 saturated heterocycles. The van der Waals surface area contributed by atoms with Crippen LogP contribution in [0, 0.1) is 11.7 Å². The Morgan fingerprint density at radius 2 is 1.79 bits per heavy atom. The van der Waals surface area contributed by atoms with Crippen molar-refractivity contribution in [1.82, 2.24) is 15.1 Å². The highest BCUT2D eigenvalue weighted by Crippen LogP contribution is 2.22. The van der Waals surface area contributed by atoms with E-state index in [1.54, 1.807) is 12.1 Å². The van der Waals surface area contributed by atoms with Crippen LogP contribution in [0.4, 0.5) is 9.52 Å². The number of aromatic nitrogens is 2. The van der Waals surface area contributed by atoms with Gasteiger partial charge in [-0.3, -0.25) is 4.79 Å². The molecule has 1 amide bonds. The topological polar surface area (TPSA) is 58.1 Å². The fourth-order valence-corrected chi connectivity index (χ4v) is 4.29. The average molecular weight is 411 g/mol. The molecule has 0 spiro atoms. The molecule has 2 heterocycles.